The average molecular weight is 276 g/mol. The lowest BCUT2D eigenvalue weighted by Gasteiger charge is -2.19. The number of amides is 2. The maximum absolute atomic E-state index is 12.0. The van der Waals surface area contributed by atoms with Gasteiger partial charge in [-0.15, -0.1) is 0 Å². The minimum absolute atomic E-state index is 0.0795. The van der Waals surface area contributed by atoms with E-state index in [4.69, 9.17) is 5.73 Å². The number of hydrogen-bond donors (Lipinski definition) is 2. The number of rotatable bonds is 2. The molecule has 1 aliphatic carbocycles. The molecule has 1 unspecified atom stereocenters. The van der Waals surface area contributed by atoms with Crippen LogP contribution in [0.2, 0.25) is 0 Å². The number of nitrogens with one attached hydrogen (secondary N) is 1. The molecule has 7 nitrogen and oxygen atoms in total. The molecule has 20 heavy (non-hydrogen) atoms. The molecule has 2 heterocycles. The van der Waals surface area contributed by atoms with Crippen molar-refractivity contribution in [3.05, 3.63) is 21.6 Å². The molecule has 2 aliphatic rings. The fraction of sp³-hybridized carbons (Fsp3) is 0.538. The number of aromatic nitrogens is 2. The minimum Gasteiger partial charge on any atom is -0.369 e. The van der Waals surface area contributed by atoms with Crippen LogP contribution in [-0.2, 0) is 22.4 Å². The predicted molar refractivity (Wildman–Crippen MR) is 71.2 cm³/mol. The summed E-state index contributed by atoms with van der Waals surface area (Å²) in [6.07, 6.45) is 3.56. The summed E-state index contributed by atoms with van der Waals surface area (Å²) in [6, 6.07) is 0. The molecule has 3 N–H and O–H groups in total. The van der Waals surface area contributed by atoms with E-state index < -0.39 is 11.8 Å². The van der Waals surface area contributed by atoms with E-state index in [2.05, 4.69) is 9.97 Å². The normalized spacial score (nSPS) is 21.9. The second kappa shape index (κ2) is 4.73. The fourth-order valence-electron chi connectivity index (χ4n) is 2.82. The number of aryl methyl sites for hydroxylation is 1. The van der Waals surface area contributed by atoms with Gasteiger partial charge in [-0.05, 0) is 25.7 Å². The summed E-state index contributed by atoms with van der Waals surface area (Å²) >= 11 is 0. The summed E-state index contributed by atoms with van der Waals surface area (Å²) in [5.74, 6) is -0.998. The number of primary amides is 1. The summed E-state index contributed by atoms with van der Waals surface area (Å²) in [5, 5.41) is 0. The van der Waals surface area contributed by atoms with E-state index in [1.807, 2.05) is 0 Å². The summed E-state index contributed by atoms with van der Waals surface area (Å²) in [6.45, 7) is 0.190. The van der Waals surface area contributed by atoms with Gasteiger partial charge in [-0.2, -0.15) is 0 Å². The highest BCUT2D eigenvalue weighted by atomic mass is 16.2. The van der Waals surface area contributed by atoms with Crippen molar-refractivity contribution < 1.29 is 9.59 Å². The largest absolute Gasteiger partial charge is 0.369 e. The Hall–Kier alpha value is -2.18. The standard InChI is InChI=1S/C13H16N4O3/c14-11(19)7-5-10(18)17(6-7)13-15-9-4-2-1-3-8(9)12(20)16-13/h7H,1-6H2,(H2,14,19)(H,15,16,20). The summed E-state index contributed by atoms with van der Waals surface area (Å²) in [4.78, 5) is 43.5. The smallest absolute Gasteiger partial charge is 0.255 e. The maximum Gasteiger partial charge on any atom is 0.255 e. The van der Waals surface area contributed by atoms with Gasteiger partial charge in [0.15, 0.2) is 0 Å². The molecule has 0 aromatic carbocycles. The first kappa shape index (κ1) is 12.8. The Morgan fingerprint density at radius 3 is 2.75 bits per heavy atom. The van der Waals surface area contributed by atoms with Crippen LogP contribution in [0.15, 0.2) is 4.79 Å². The van der Waals surface area contributed by atoms with Crippen LogP contribution in [0.3, 0.4) is 0 Å². The molecule has 1 aromatic heterocycles. The molecule has 3 rings (SSSR count). The molecule has 1 saturated heterocycles. The maximum atomic E-state index is 12.0. The zero-order chi connectivity index (χ0) is 14.3. The highest BCUT2D eigenvalue weighted by Gasteiger charge is 2.35. The van der Waals surface area contributed by atoms with E-state index in [0.717, 1.165) is 36.9 Å². The van der Waals surface area contributed by atoms with Crippen molar-refractivity contribution in [2.45, 2.75) is 32.1 Å². The van der Waals surface area contributed by atoms with Gasteiger partial charge in [-0.3, -0.25) is 24.3 Å². The molecule has 1 atom stereocenters. The number of anilines is 1. The summed E-state index contributed by atoms with van der Waals surface area (Å²) in [5.41, 5.74) is 6.54. The quantitative estimate of drug-likeness (QED) is 0.757. The molecule has 0 radical (unpaired) electrons. The van der Waals surface area contributed by atoms with Crippen molar-refractivity contribution in [2.24, 2.45) is 11.7 Å². The van der Waals surface area contributed by atoms with Gasteiger partial charge in [0.2, 0.25) is 17.8 Å². The molecule has 7 heteroatoms. The molecular formula is C13H16N4O3. The Bertz CT molecular complexity index is 637. The van der Waals surface area contributed by atoms with Crippen LogP contribution in [-0.4, -0.2) is 28.3 Å². The van der Waals surface area contributed by atoms with E-state index in [1.54, 1.807) is 0 Å². The third-order valence-electron chi connectivity index (χ3n) is 3.96. The molecule has 0 bridgehead atoms. The lowest BCUT2D eigenvalue weighted by atomic mass is 9.97. The van der Waals surface area contributed by atoms with Crippen LogP contribution >= 0.6 is 0 Å². The molecule has 1 fully saturated rings. The molecule has 0 saturated carbocycles. The van der Waals surface area contributed by atoms with Crippen LogP contribution in [0.25, 0.3) is 0 Å². The number of nitrogens with two attached hydrogens (primary N) is 1. The monoisotopic (exact) mass is 276 g/mol. The Labute approximate surface area is 115 Å². The summed E-state index contributed by atoms with van der Waals surface area (Å²) in [7, 11) is 0. The van der Waals surface area contributed by atoms with Crippen molar-refractivity contribution in [1.82, 2.24) is 9.97 Å². The van der Waals surface area contributed by atoms with Crippen molar-refractivity contribution in [2.75, 3.05) is 11.4 Å². The number of fused-ring (bicyclic) bond motifs is 1. The molecule has 1 aromatic rings. The molecular weight excluding hydrogens is 260 g/mol. The van der Waals surface area contributed by atoms with E-state index in [-0.39, 0.29) is 30.4 Å². The number of H-pyrrole nitrogens is 1. The van der Waals surface area contributed by atoms with Gasteiger partial charge in [0.25, 0.3) is 5.56 Å². The van der Waals surface area contributed by atoms with Crippen LogP contribution in [0, 0.1) is 5.92 Å². The number of nitrogens with zero attached hydrogens (tertiary/aromatic N) is 2. The highest BCUT2D eigenvalue weighted by molar-refractivity contribution is 5.98. The molecule has 106 valence electrons. The SMILES string of the molecule is NC(=O)C1CC(=O)N(c2nc3c(c(=O)[nH]2)CCCC3)C1. The van der Waals surface area contributed by atoms with Gasteiger partial charge >= 0.3 is 0 Å². The van der Waals surface area contributed by atoms with Gasteiger partial charge < -0.3 is 5.73 Å². The lowest BCUT2D eigenvalue weighted by molar-refractivity contribution is -0.123. The van der Waals surface area contributed by atoms with Crippen molar-refractivity contribution in [3.63, 3.8) is 0 Å². The minimum atomic E-state index is -0.510. The Kier molecular flexibility index (Phi) is 3.04. The average Bonchev–Trinajstić information content (AvgIpc) is 2.81. The number of hydrogen-bond acceptors (Lipinski definition) is 4. The van der Waals surface area contributed by atoms with Crippen LogP contribution < -0.4 is 16.2 Å². The van der Waals surface area contributed by atoms with E-state index >= 15 is 0 Å². The second-order valence-electron chi connectivity index (χ2n) is 5.33. The zero-order valence-electron chi connectivity index (χ0n) is 11.0. The third kappa shape index (κ3) is 2.09. The van der Waals surface area contributed by atoms with Gasteiger partial charge in [-0.25, -0.2) is 4.98 Å². The van der Waals surface area contributed by atoms with Crippen molar-refractivity contribution in [3.8, 4) is 0 Å². The van der Waals surface area contributed by atoms with Crippen molar-refractivity contribution in [1.29, 1.82) is 0 Å². The fourth-order valence-corrected chi connectivity index (χ4v) is 2.82. The third-order valence-corrected chi connectivity index (χ3v) is 3.96. The first-order valence-electron chi connectivity index (χ1n) is 6.78. The number of aromatic amines is 1. The topological polar surface area (TPSA) is 109 Å². The zero-order valence-corrected chi connectivity index (χ0v) is 11.0. The Morgan fingerprint density at radius 1 is 1.30 bits per heavy atom. The van der Waals surface area contributed by atoms with Crippen molar-refractivity contribution >= 4 is 17.8 Å². The number of carbonyl (C=O) groups is 2. The van der Waals surface area contributed by atoms with Gasteiger partial charge in [-0.1, -0.05) is 0 Å². The van der Waals surface area contributed by atoms with E-state index in [9.17, 15) is 14.4 Å². The number of carbonyl (C=O) groups excluding carboxylic acids is 2. The second-order valence-corrected chi connectivity index (χ2v) is 5.33. The molecule has 2 amide bonds. The van der Waals surface area contributed by atoms with Crippen LogP contribution in [0.1, 0.15) is 30.5 Å². The first-order valence-corrected chi connectivity index (χ1v) is 6.78. The Morgan fingerprint density at radius 2 is 2.05 bits per heavy atom. The highest BCUT2D eigenvalue weighted by Crippen LogP contribution is 2.23. The van der Waals surface area contributed by atoms with Gasteiger partial charge in [0, 0.05) is 18.5 Å². The van der Waals surface area contributed by atoms with Crippen LogP contribution in [0.4, 0.5) is 5.95 Å². The van der Waals surface area contributed by atoms with Gasteiger partial charge in [0.05, 0.1) is 11.6 Å². The lowest BCUT2D eigenvalue weighted by Crippen LogP contribution is -2.32. The van der Waals surface area contributed by atoms with Crippen LogP contribution in [0.5, 0.6) is 0 Å². The first-order chi connectivity index (χ1) is 9.56. The molecule has 0 spiro atoms. The predicted octanol–water partition coefficient (Wildman–Crippen LogP) is -0.513. The van der Waals surface area contributed by atoms with E-state index in [0.29, 0.717) is 0 Å². The van der Waals surface area contributed by atoms with E-state index in [1.165, 1.54) is 4.90 Å². The molecule has 1 aliphatic heterocycles. The summed E-state index contributed by atoms with van der Waals surface area (Å²) < 4.78 is 0. The Balaban J connectivity index is 1.95. The van der Waals surface area contributed by atoms with Gasteiger partial charge in [0.1, 0.15) is 0 Å².